The Morgan fingerprint density at radius 1 is 1.06 bits per heavy atom. The second-order valence-corrected chi connectivity index (χ2v) is 8.12. The average molecular weight is 449 g/mol. The molecule has 2 aromatic carbocycles. The predicted octanol–water partition coefficient (Wildman–Crippen LogP) is 3.91. The maximum atomic E-state index is 12.6. The molecule has 9 heteroatoms. The summed E-state index contributed by atoms with van der Waals surface area (Å²) in [4.78, 5) is 18.7. The van der Waals surface area contributed by atoms with E-state index in [1.54, 1.807) is 7.11 Å². The quantitative estimate of drug-likeness (QED) is 0.464. The van der Waals surface area contributed by atoms with Crippen molar-refractivity contribution in [3.05, 3.63) is 65.3 Å². The second-order valence-electron chi connectivity index (χ2n) is 7.04. The fraction of sp³-hybridized carbons (Fsp3) is 0.174. The number of methoxy groups -OCH3 is 1. The second kappa shape index (κ2) is 8.72. The lowest BCUT2D eigenvalue weighted by Gasteiger charge is -2.18. The van der Waals surface area contributed by atoms with Gasteiger partial charge in [-0.3, -0.25) is 9.89 Å². The number of hydrogen-bond acceptors (Lipinski definition) is 7. The van der Waals surface area contributed by atoms with Crippen molar-refractivity contribution in [2.75, 3.05) is 20.3 Å². The van der Waals surface area contributed by atoms with E-state index in [4.69, 9.17) is 14.2 Å². The Kier molecular flexibility index (Phi) is 5.47. The third kappa shape index (κ3) is 4.15. The summed E-state index contributed by atoms with van der Waals surface area (Å²) in [7, 11) is 1.62. The number of fused-ring (bicyclic) bond motifs is 1. The molecule has 1 aliphatic rings. The summed E-state index contributed by atoms with van der Waals surface area (Å²) in [5.74, 6) is 3.22. The van der Waals surface area contributed by atoms with E-state index < -0.39 is 0 Å². The van der Waals surface area contributed by atoms with Crippen LogP contribution in [0.25, 0.3) is 21.8 Å². The van der Waals surface area contributed by atoms with E-state index in [1.807, 2.05) is 54.6 Å². The molecular formula is C23H20N4O4S. The Hall–Kier alpha value is -3.85. The van der Waals surface area contributed by atoms with Gasteiger partial charge >= 0.3 is 0 Å². The van der Waals surface area contributed by atoms with E-state index in [9.17, 15) is 4.79 Å². The first-order chi connectivity index (χ1) is 15.7. The summed E-state index contributed by atoms with van der Waals surface area (Å²) in [6.45, 7) is 1.35. The van der Waals surface area contributed by atoms with Crippen LogP contribution in [0.3, 0.4) is 0 Å². The van der Waals surface area contributed by atoms with E-state index in [-0.39, 0.29) is 12.5 Å². The molecule has 0 unspecified atom stereocenters. The number of aromatic amines is 1. The van der Waals surface area contributed by atoms with Gasteiger partial charge < -0.3 is 19.5 Å². The van der Waals surface area contributed by atoms with Crippen LogP contribution in [0.4, 0.5) is 0 Å². The predicted molar refractivity (Wildman–Crippen MR) is 120 cm³/mol. The molecule has 8 nitrogen and oxygen atoms in total. The smallest absolute Gasteiger partial charge is 0.261 e. The van der Waals surface area contributed by atoms with Crippen LogP contribution in [0.2, 0.25) is 0 Å². The van der Waals surface area contributed by atoms with Gasteiger partial charge in [0.15, 0.2) is 17.3 Å². The van der Waals surface area contributed by atoms with Crippen molar-refractivity contribution in [3.8, 4) is 39.1 Å². The first-order valence-electron chi connectivity index (χ1n) is 10.0. The van der Waals surface area contributed by atoms with Gasteiger partial charge in [-0.25, -0.2) is 4.98 Å². The highest BCUT2D eigenvalue weighted by Crippen LogP contribution is 2.36. The summed E-state index contributed by atoms with van der Waals surface area (Å²) < 4.78 is 16.4. The van der Waals surface area contributed by atoms with Crippen LogP contribution >= 0.6 is 11.3 Å². The van der Waals surface area contributed by atoms with Crippen LogP contribution in [-0.2, 0) is 6.54 Å². The summed E-state index contributed by atoms with van der Waals surface area (Å²) >= 11 is 1.42. The highest BCUT2D eigenvalue weighted by molar-refractivity contribution is 7.17. The van der Waals surface area contributed by atoms with Crippen molar-refractivity contribution in [2.24, 2.45) is 0 Å². The molecule has 5 rings (SSSR count). The van der Waals surface area contributed by atoms with E-state index in [0.29, 0.717) is 29.7 Å². The molecule has 0 saturated heterocycles. The molecule has 0 atom stereocenters. The molecular weight excluding hydrogens is 428 g/mol. The molecule has 1 aliphatic heterocycles. The molecule has 2 aromatic heterocycles. The third-order valence-electron chi connectivity index (χ3n) is 4.95. The van der Waals surface area contributed by atoms with E-state index >= 15 is 0 Å². The maximum absolute atomic E-state index is 12.6. The van der Waals surface area contributed by atoms with Gasteiger partial charge in [-0.2, -0.15) is 5.10 Å². The summed E-state index contributed by atoms with van der Waals surface area (Å²) in [6, 6.07) is 17.0. The minimum absolute atomic E-state index is 0.166. The highest BCUT2D eigenvalue weighted by atomic mass is 32.1. The largest absolute Gasteiger partial charge is 0.497 e. The van der Waals surface area contributed by atoms with Crippen molar-refractivity contribution >= 4 is 17.2 Å². The Balaban J connectivity index is 1.23. The fourth-order valence-corrected chi connectivity index (χ4v) is 4.23. The number of rotatable bonds is 6. The van der Waals surface area contributed by atoms with E-state index in [0.717, 1.165) is 33.3 Å². The monoisotopic (exact) mass is 448 g/mol. The molecule has 2 N–H and O–H groups in total. The average Bonchev–Trinajstić information content (AvgIpc) is 3.53. The Labute approximate surface area is 188 Å². The molecule has 0 radical (unpaired) electrons. The lowest BCUT2D eigenvalue weighted by atomic mass is 10.1. The van der Waals surface area contributed by atoms with Crippen LogP contribution in [0.1, 0.15) is 15.5 Å². The van der Waals surface area contributed by atoms with Crippen molar-refractivity contribution in [1.82, 2.24) is 20.5 Å². The molecule has 0 saturated carbocycles. The fourth-order valence-electron chi connectivity index (χ4n) is 3.31. The van der Waals surface area contributed by atoms with Crippen LogP contribution < -0.4 is 19.5 Å². The first kappa shape index (κ1) is 20.1. The summed E-state index contributed by atoms with van der Waals surface area (Å²) in [6.07, 6.45) is 0. The van der Waals surface area contributed by atoms with Gasteiger partial charge in [0, 0.05) is 10.4 Å². The zero-order valence-corrected chi connectivity index (χ0v) is 18.1. The molecule has 3 heterocycles. The number of aromatic nitrogens is 3. The van der Waals surface area contributed by atoms with E-state index in [1.165, 1.54) is 11.3 Å². The molecule has 0 spiro atoms. The number of amides is 1. The van der Waals surface area contributed by atoms with Crippen LogP contribution in [0.15, 0.2) is 54.6 Å². The van der Waals surface area contributed by atoms with Gasteiger partial charge in [-0.05, 0) is 60.2 Å². The lowest BCUT2D eigenvalue weighted by molar-refractivity contribution is 0.0954. The zero-order chi connectivity index (χ0) is 21.9. The molecule has 162 valence electrons. The molecule has 32 heavy (non-hydrogen) atoms. The van der Waals surface area contributed by atoms with Crippen LogP contribution in [0, 0.1) is 0 Å². The number of carbonyl (C=O) groups excluding carboxylic acids is 1. The number of benzene rings is 2. The molecule has 0 bridgehead atoms. The topological polar surface area (TPSA) is 98.4 Å². The molecule has 0 aliphatic carbocycles. The van der Waals surface area contributed by atoms with Gasteiger partial charge in [0.05, 0.1) is 18.5 Å². The normalized spacial score (nSPS) is 12.4. The third-order valence-corrected chi connectivity index (χ3v) is 6.09. The van der Waals surface area contributed by atoms with Gasteiger partial charge in [0.2, 0.25) is 0 Å². The maximum Gasteiger partial charge on any atom is 0.261 e. The Morgan fingerprint density at radius 2 is 1.84 bits per heavy atom. The Morgan fingerprint density at radius 3 is 2.66 bits per heavy atom. The van der Waals surface area contributed by atoms with Crippen molar-refractivity contribution < 1.29 is 19.0 Å². The Bertz CT molecular complexity index is 1250. The van der Waals surface area contributed by atoms with Gasteiger partial charge in [0.25, 0.3) is 5.91 Å². The van der Waals surface area contributed by atoms with Crippen molar-refractivity contribution in [3.63, 3.8) is 0 Å². The first-order valence-corrected chi connectivity index (χ1v) is 10.8. The van der Waals surface area contributed by atoms with Gasteiger partial charge in [0.1, 0.15) is 24.8 Å². The number of nitrogens with zero attached hydrogens (tertiary/aromatic N) is 2. The molecule has 0 fully saturated rings. The highest BCUT2D eigenvalue weighted by Gasteiger charge is 2.15. The number of thiophene rings is 1. The molecule has 1 amide bonds. The van der Waals surface area contributed by atoms with Crippen LogP contribution in [0.5, 0.6) is 17.2 Å². The lowest BCUT2D eigenvalue weighted by Crippen LogP contribution is -2.22. The standard InChI is InChI=1S/C23H20N4O4S/c1-29-16-5-2-14(3-6-16)22-25-21(26-27-22)13-24-23(28)20-9-8-19(32-20)15-4-7-17-18(12-15)31-11-10-30-17/h2-9,12H,10-11,13H2,1H3,(H,24,28)(H,25,26,27). The minimum Gasteiger partial charge on any atom is -0.497 e. The summed E-state index contributed by atoms with van der Waals surface area (Å²) in [5.41, 5.74) is 1.85. The zero-order valence-electron chi connectivity index (χ0n) is 17.3. The van der Waals surface area contributed by atoms with Crippen molar-refractivity contribution in [2.45, 2.75) is 6.54 Å². The number of H-pyrrole nitrogens is 1. The van der Waals surface area contributed by atoms with Crippen molar-refractivity contribution in [1.29, 1.82) is 0 Å². The minimum atomic E-state index is -0.166. The molecule has 4 aromatic rings. The van der Waals surface area contributed by atoms with Gasteiger partial charge in [-0.1, -0.05) is 0 Å². The number of nitrogens with one attached hydrogen (secondary N) is 2. The van der Waals surface area contributed by atoms with E-state index in [2.05, 4.69) is 20.5 Å². The number of ether oxygens (including phenoxy) is 3. The van der Waals surface area contributed by atoms with Gasteiger partial charge in [-0.15, -0.1) is 11.3 Å². The summed E-state index contributed by atoms with van der Waals surface area (Å²) in [5, 5.41) is 9.98. The number of hydrogen-bond donors (Lipinski definition) is 2. The SMILES string of the molecule is COc1ccc(-c2n[nH]c(CNC(=O)c3ccc(-c4ccc5c(c4)OCCO5)s3)n2)cc1. The number of carbonyl (C=O) groups is 1. The van der Waals surface area contributed by atoms with Crippen LogP contribution in [-0.4, -0.2) is 41.4 Å².